The van der Waals surface area contributed by atoms with Gasteiger partial charge in [0.1, 0.15) is 11.5 Å². The molecule has 138 valence electrons. The second-order valence-corrected chi connectivity index (χ2v) is 5.95. The molecule has 3 rings (SSSR count). The summed E-state index contributed by atoms with van der Waals surface area (Å²) < 4.78 is 5.91. The van der Waals surface area contributed by atoms with Gasteiger partial charge in [0.2, 0.25) is 5.91 Å². The van der Waals surface area contributed by atoms with Crippen molar-refractivity contribution >= 4 is 28.9 Å². The number of aryl methyl sites for hydroxylation is 1. The van der Waals surface area contributed by atoms with Crippen molar-refractivity contribution in [2.75, 3.05) is 0 Å². The third-order valence-electron chi connectivity index (χ3n) is 4.13. The smallest absolute Gasteiger partial charge is 0.276 e. The zero-order valence-corrected chi connectivity index (χ0v) is 14.6. The summed E-state index contributed by atoms with van der Waals surface area (Å²) in [7, 11) is 0. The van der Waals surface area contributed by atoms with Gasteiger partial charge < -0.3 is 15.5 Å². The van der Waals surface area contributed by atoms with E-state index in [-0.39, 0.29) is 11.5 Å². The molecule has 1 aliphatic rings. The van der Waals surface area contributed by atoms with Gasteiger partial charge in [-0.25, -0.2) is 5.48 Å². The number of pyridine rings is 1. The van der Waals surface area contributed by atoms with E-state index in [1.165, 1.54) is 6.08 Å². The molecule has 1 aliphatic heterocycles. The number of allylic oxidation sites excluding steroid dienone is 2. The summed E-state index contributed by atoms with van der Waals surface area (Å²) in [6.07, 6.45) is 5.11. The second kappa shape index (κ2) is 7.79. The highest BCUT2D eigenvalue weighted by Crippen LogP contribution is 2.26. The summed E-state index contributed by atoms with van der Waals surface area (Å²) in [5.74, 6) is 0.308. The summed E-state index contributed by atoms with van der Waals surface area (Å²) >= 11 is 0. The van der Waals surface area contributed by atoms with E-state index < -0.39 is 5.91 Å². The third-order valence-corrected chi connectivity index (χ3v) is 4.13. The Morgan fingerprint density at radius 2 is 2.19 bits per heavy atom. The molecule has 4 N–H and O–H groups in total. The molecular formula is C19H18N4O4. The number of aromatic nitrogens is 1. The van der Waals surface area contributed by atoms with Crippen molar-refractivity contribution in [1.29, 1.82) is 5.41 Å². The number of carbonyl (C=O) groups is 2. The van der Waals surface area contributed by atoms with Crippen LogP contribution in [0, 0.1) is 12.3 Å². The number of hydrogen-bond acceptors (Lipinski definition) is 6. The predicted molar refractivity (Wildman–Crippen MR) is 98.7 cm³/mol. The fourth-order valence-electron chi connectivity index (χ4n) is 2.76. The largest absolute Gasteiger partial charge is 0.457 e. The number of ether oxygens (including phenoxy) is 1. The Bertz CT molecular complexity index is 995. The lowest BCUT2D eigenvalue weighted by Gasteiger charge is -2.17. The predicted octanol–water partition coefficient (Wildman–Crippen LogP) is 2.37. The molecule has 0 atom stereocenters. The Hall–Kier alpha value is -3.52. The Balaban J connectivity index is 1.92. The lowest BCUT2D eigenvalue weighted by Crippen LogP contribution is -2.23. The number of carbonyl (C=O) groups excluding carboxylic acids is 2. The molecule has 2 aromatic rings. The molecule has 1 aromatic carbocycles. The van der Waals surface area contributed by atoms with E-state index in [4.69, 9.17) is 15.4 Å². The zero-order valence-electron chi connectivity index (χ0n) is 14.6. The minimum absolute atomic E-state index is 0.0546. The summed E-state index contributed by atoms with van der Waals surface area (Å²) in [6, 6.07) is 6.84. The van der Waals surface area contributed by atoms with Crippen LogP contribution in [0.4, 0.5) is 0 Å². The van der Waals surface area contributed by atoms with Crippen LogP contribution in [0.1, 0.15) is 28.9 Å². The maximum atomic E-state index is 11.7. The average molecular weight is 366 g/mol. The van der Waals surface area contributed by atoms with Crippen LogP contribution in [0.3, 0.4) is 0 Å². The van der Waals surface area contributed by atoms with Crippen LogP contribution in [0.5, 0.6) is 5.75 Å². The normalized spacial score (nSPS) is 14.4. The molecule has 8 heteroatoms. The second-order valence-electron chi connectivity index (χ2n) is 5.95. The average Bonchev–Trinajstić information content (AvgIpc) is 2.67. The quantitative estimate of drug-likeness (QED) is 0.280. The van der Waals surface area contributed by atoms with Crippen molar-refractivity contribution in [1.82, 2.24) is 15.8 Å². The first-order chi connectivity index (χ1) is 13.0. The molecule has 2 amide bonds. The first-order valence-electron chi connectivity index (χ1n) is 8.25. The lowest BCUT2D eigenvalue weighted by atomic mass is 10.1. The number of benzene rings is 1. The highest BCUT2D eigenvalue weighted by molar-refractivity contribution is 5.98. The number of nitrogens with zero attached hydrogens (tertiary/aromatic N) is 1. The Kier molecular flexibility index (Phi) is 5.28. The van der Waals surface area contributed by atoms with Crippen LogP contribution >= 0.6 is 0 Å². The van der Waals surface area contributed by atoms with E-state index in [0.717, 1.165) is 11.8 Å². The molecule has 0 saturated heterocycles. The highest BCUT2D eigenvalue weighted by Gasteiger charge is 2.16. The van der Waals surface area contributed by atoms with Crippen molar-refractivity contribution in [2.24, 2.45) is 0 Å². The van der Waals surface area contributed by atoms with E-state index in [1.807, 2.05) is 0 Å². The van der Waals surface area contributed by atoms with Crippen molar-refractivity contribution in [3.8, 4) is 5.75 Å². The molecule has 8 nitrogen and oxygen atoms in total. The van der Waals surface area contributed by atoms with E-state index in [9.17, 15) is 9.59 Å². The van der Waals surface area contributed by atoms with Crippen LogP contribution in [0.2, 0.25) is 0 Å². The molecule has 27 heavy (non-hydrogen) atoms. The standard InChI is InChI=1S/C19H18N4O4/c1-11-15(19(25)23-26)8-12-2-4-14(9-16(12)22-11)27-17(6-7-20)13-3-5-18(24)21-10-13/h2,4,6-10,20,26H,3,5H2,1H3,(H,21,24)(H,23,25)/b17-6+,20-7?. The van der Waals surface area contributed by atoms with Crippen molar-refractivity contribution in [3.63, 3.8) is 0 Å². The van der Waals surface area contributed by atoms with Gasteiger partial charge in [-0.1, -0.05) is 0 Å². The number of fused-ring (bicyclic) bond motifs is 1. The maximum Gasteiger partial charge on any atom is 0.276 e. The molecule has 2 heterocycles. The summed E-state index contributed by atoms with van der Waals surface area (Å²) in [6.45, 7) is 1.67. The van der Waals surface area contributed by atoms with E-state index in [1.54, 1.807) is 42.9 Å². The maximum absolute atomic E-state index is 11.7. The highest BCUT2D eigenvalue weighted by atomic mass is 16.5. The topological polar surface area (TPSA) is 124 Å². The van der Waals surface area contributed by atoms with Gasteiger partial charge in [-0.2, -0.15) is 0 Å². The molecule has 0 radical (unpaired) electrons. The minimum Gasteiger partial charge on any atom is -0.457 e. The molecule has 0 bridgehead atoms. The molecule has 0 unspecified atom stereocenters. The van der Waals surface area contributed by atoms with Gasteiger partial charge in [-0.3, -0.25) is 19.8 Å². The van der Waals surface area contributed by atoms with E-state index >= 15 is 0 Å². The van der Waals surface area contributed by atoms with Crippen LogP contribution < -0.4 is 15.5 Å². The minimum atomic E-state index is -0.621. The summed E-state index contributed by atoms with van der Waals surface area (Å²) in [4.78, 5) is 27.4. The Morgan fingerprint density at radius 3 is 2.85 bits per heavy atom. The number of hydrogen-bond donors (Lipinski definition) is 4. The molecule has 0 fully saturated rings. The van der Waals surface area contributed by atoms with Gasteiger partial charge in [0.15, 0.2) is 0 Å². The first-order valence-corrected chi connectivity index (χ1v) is 8.25. The summed E-state index contributed by atoms with van der Waals surface area (Å²) in [5, 5.41) is 19.5. The van der Waals surface area contributed by atoms with Gasteiger partial charge in [-0.05, 0) is 37.6 Å². The van der Waals surface area contributed by atoms with Crippen molar-refractivity contribution in [2.45, 2.75) is 19.8 Å². The lowest BCUT2D eigenvalue weighted by molar-refractivity contribution is -0.120. The summed E-state index contributed by atoms with van der Waals surface area (Å²) in [5.41, 5.74) is 3.78. The fraction of sp³-hybridized carbons (Fsp3) is 0.158. The molecular weight excluding hydrogens is 348 g/mol. The number of rotatable bonds is 5. The first kappa shape index (κ1) is 18.3. The van der Waals surface area contributed by atoms with Gasteiger partial charge in [-0.15, -0.1) is 0 Å². The van der Waals surface area contributed by atoms with Gasteiger partial charge in [0.25, 0.3) is 5.91 Å². The van der Waals surface area contributed by atoms with Crippen LogP contribution in [-0.4, -0.2) is 28.2 Å². The zero-order chi connectivity index (χ0) is 19.4. The Morgan fingerprint density at radius 1 is 1.37 bits per heavy atom. The monoisotopic (exact) mass is 366 g/mol. The van der Waals surface area contributed by atoms with E-state index in [0.29, 0.717) is 40.9 Å². The molecule has 0 spiro atoms. The van der Waals surface area contributed by atoms with Gasteiger partial charge >= 0.3 is 0 Å². The molecule has 0 saturated carbocycles. The SMILES string of the molecule is Cc1nc2cc(O/C(=C/C=N)C3=CNC(=O)CC3)ccc2cc1C(=O)NO. The molecule has 1 aromatic heterocycles. The van der Waals surface area contributed by atoms with Gasteiger partial charge in [0, 0.05) is 35.9 Å². The number of nitrogens with one attached hydrogen (secondary N) is 3. The van der Waals surface area contributed by atoms with Crippen molar-refractivity contribution in [3.05, 3.63) is 59.1 Å². The third kappa shape index (κ3) is 4.01. The number of hydroxylamine groups is 1. The van der Waals surface area contributed by atoms with Crippen LogP contribution in [-0.2, 0) is 4.79 Å². The fourth-order valence-corrected chi connectivity index (χ4v) is 2.76. The van der Waals surface area contributed by atoms with Crippen molar-refractivity contribution < 1.29 is 19.5 Å². The van der Waals surface area contributed by atoms with Crippen LogP contribution in [0.15, 0.2) is 47.9 Å². The van der Waals surface area contributed by atoms with Gasteiger partial charge in [0.05, 0.1) is 16.8 Å². The van der Waals surface area contributed by atoms with E-state index in [2.05, 4.69) is 10.3 Å². The van der Waals surface area contributed by atoms with Crippen LogP contribution in [0.25, 0.3) is 10.9 Å². The Labute approximate surface area is 155 Å². The molecule has 0 aliphatic carbocycles. The number of amides is 2.